The van der Waals surface area contributed by atoms with Gasteiger partial charge in [0.05, 0.1) is 17.1 Å². The van der Waals surface area contributed by atoms with Crippen molar-refractivity contribution in [3.05, 3.63) is 88.1 Å². The number of aromatic nitrogens is 4. The lowest BCUT2D eigenvalue weighted by Gasteiger charge is -2.06. The van der Waals surface area contributed by atoms with Crippen LogP contribution in [0.25, 0.3) is 11.4 Å². The largest absolute Gasteiger partial charge is 0.382 e. The van der Waals surface area contributed by atoms with Gasteiger partial charge < -0.3 is 11.1 Å². The number of aryl methyl sites for hydroxylation is 2. The van der Waals surface area contributed by atoms with Gasteiger partial charge in [-0.3, -0.25) is 4.79 Å². The summed E-state index contributed by atoms with van der Waals surface area (Å²) in [5.41, 5.74) is 12.3. The molecule has 9 heteroatoms. The maximum absolute atomic E-state index is 13.3. The quantitative estimate of drug-likeness (QED) is 0.388. The molecule has 2 aromatic carbocycles. The van der Waals surface area contributed by atoms with Crippen molar-refractivity contribution in [1.82, 2.24) is 24.9 Å². The van der Waals surface area contributed by atoms with E-state index in [4.69, 9.17) is 5.73 Å². The van der Waals surface area contributed by atoms with E-state index in [0.717, 1.165) is 36.2 Å². The molecule has 0 saturated carbocycles. The molecule has 4 aromatic rings. The van der Waals surface area contributed by atoms with E-state index in [0.29, 0.717) is 42.0 Å². The van der Waals surface area contributed by atoms with Gasteiger partial charge in [0, 0.05) is 17.8 Å². The summed E-state index contributed by atoms with van der Waals surface area (Å²) in [7, 11) is 0. The minimum absolute atomic E-state index is 0.198. The molecule has 0 saturated heterocycles. The maximum atomic E-state index is 13.3. The summed E-state index contributed by atoms with van der Waals surface area (Å²) in [6.07, 6.45) is 3.78. The smallest absolute Gasteiger partial charge is 0.272 e. The molecule has 2 aromatic heterocycles. The summed E-state index contributed by atoms with van der Waals surface area (Å²) in [4.78, 5) is 13.0. The molecule has 36 heavy (non-hydrogen) atoms. The van der Waals surface area contributed by atoms with Crippen LogP contribution >= 0.6 is 0 Å². The van der Waals surface area contributed by atoms with Crippen LogP contribution in [0.3, 0.4) is 0 Å². The lowest BCUT2D eigenvalue weighted by molar-refractivity contribution is 0.0947. The molecule has 0 fully saturated rings. The van der Waals surface area contributed by atoms with Gasteiger partial charge in [0.15, 0.2) is 5.69 Å². The highest BCUT2D eigenvalue weighted by Crippen LogP contribution is 2.28. The first kappa shape index (κ1) is 23.3. The number of nitrogens with one attached hydrogen (secondary N) is 1. The third-order valence-electron chi connectivity index (χ3n) is 6.48. The Morgan fingerprint density at radius 3 is 2.50 bits per heavy atom. The van der Waals surface area contributed by atoms with Crippen LogP contribution in [0.15, 0.2) is 48.5 Å². The van der Waals surface area contributed by atoms with Gasteiger partial charge in [-0.05, 0) is 75.4 Å². The van der Waals surface area contributed by atoms with Crippen molar-refractivity contribution in [1.29, 1.82) is 5.26 Å². The molecule has 0 atom stereocenters. The first-order chi connectivity index (χ1) is 17.5. The van der Waals surface area contributed by atoms with Crippen LogP contribution in [0.2, 0.25) is 0 Å². The average Bonchev–Trinajstić information content (AvgIpc) is 3.57. The number of benzene rings is 2. The molecular formula is C27H26FN7O. The highest BCUT2D eigenvalue weighted by Gasteiger charge is 2.27. The van der Waals surface area contributed by atoms with Crippen molar-refractivity contribution in [3.63, 3.8) is 0 Å². The molecule has 1 aliphatic rings. The zero-order valence-corrected chi connectivity index (χ0v) is 20.0. The molecule has 0 unspecified atom stereocenters. The van der Waals surface area contributed by atoms with Gasteiger partial charge in [-0.1, -0.05) is 17.7 Å². The number of nitrogens with zero attached hydrogens (tertiary/aromatic N) is 5. The number of carbonyl (C=O) groups excluding carboxylic acids is 1. The Balaban J connectivity index is 1.26. The summed E-state index contributed by atoms with van der Waals surface area (Å²) >= 11 is 0. The standard InChI is InChI=1S/C27H26FN7O/c1-17-7-11-19(12-8-17)34-24-6-2-4-21(24)25(33-34)27(36)31-15-3-5-23-22(16-29)26(30)35(32-23)20-13-9-18(28)10-14-20/h7-14H,2-6,15,30H2,1H3,(H,31,36). The van der Waals surface area contributed by atoms with E-state index < -0.39 is 0 Å². The Morgan fingerprint density at radius 2 is 1.78 bits per heavy atom. The van der Waals surface area contributed by atoms with Crippen LogP contribution in [0, 0.1) is 24.1 Å². The Bertz CT molecular complexity index is 1460. The fourth-order valence-electron chi connectivity index (χ4n) is 4.62. The number of amides is 1. The maximum Gasteiger partial charge on any atom is 0.272 e. The minimum atomic E-state index is -0.365. The average molecular weight is 484 g/mol. The summed E-state index contributed by atoms with van der Waals surface area (Å²) in [6.45, 7) is 2.44. The zero-order chi connectivity index (χ0) is 25.2. The SMILES string of the molecule is Cc1ccc(-n2nc(C(=O)NCCCc3nn(-c4ccc(F)cc4)c(N)c3C#N)c3c2CCC3)cc1. The second-order valence-electron chi connectivity index (χ2n) is 8.94. The molecule has 8 nitrogen and oxygen atoms in total. The predicted molar refractivity (Wildman–Crippen MR) is 134 cm³/mol. The number of nitrogens with two attached hydrogens (primary N) is 1. The normalized spacial score (nSPS) is 12.4. The third-order valence-corrected chi connectivity index (χ3v) is 6.48. The van der Waals surface area contributed by atoms with E-state index in [9.17, 15) is 14.4 Å². The van der Waals surface area contributed by atoms with Gasteiger partial charge in [0.2, 0.25) is 0 Å². The van der Waals surface area contributed by atoms with Crippen molar-refractivity contribution in [2.45, 2.75) is 39.0 Å². The highest BCUT2D eigenvalue weighted by atomic mass is 19.1. The van der Waals surface area contributed by atoms with Crippen LogP contribution < -0.4 is 11.1 Å². The van der Waals surface area contributed by atoms with Crippen LogP contribution in [0.5, 0.6) is 0 Å². The number of nitriles is 1. The first-order valence-electron chi connectivity index (χ1n) is 12.0. The second-order valence-corrected chi connectivity index (χ2v) is 8.94. The molecule has 1 amide bonds. The lowest BCUT2D eigenvalue weighted by atomic mass is 10.1. The fourth-order valence-corrected chi connectivity index (χ4v) is 4.62. The van der Waals surface area contributed by atoms with E-state index >= 15 is 0 Å². The lowest BCUT2D eigenvalue weighted by Crippen LogP contribution is -2.26. The van der Waals surface area contributed by atoms with Gasteiger partial charge in [-0.25, -0.2) is 13.8 Å². The number of hydrogen-bond acceptors (Lipinski definition) is 5. The van der Waals surface area contributed by atoms with E-state index in [1.807, 2.05) is 35.9 Å². The Labute approximate surface area is 208 Å². The van der Waals surface area contributed by atoms with Crippen molar-refractivity contribution in [2.24, 2.45) is 0 Å². The first-order valence-corrected chi connectivity index (χ1v) is 12.0. The number of fused-ring (bicyclic) bond motifs is 1. The third kappa shape index (κ3) is 4.33. The number of nitrogen functional groups attached to an aromatic ring is 1. The number of anilines is 1. The van der Waals surface area contributed by atoms with Crippen LogP contribution in [0.1, 0.15) is 51.4 Å². The van der Waals surface area contributed by atoms with Crippen LogP contribution in [-0.2, 0) is 19.3 Å². The molecule has 0 spiro atoms. The van der Waals surface area contributed by atoms with Crippen molar-refractivity contribution >= 4 is 11.7 Å². The van der Waals surface area contributed by atoms with E-state index in [1.54, 1.807) is 12.1 Å². The Morgan fingerprint density at radius 1 is 1.08 bits per heavy atom. The molecule has 182 valence electrons. The molecule has 5 rings (SSSR count). The molecule has 0 bridgehead atoms. The van der Waals surface area contributed by atoms with Gasteiger partial charge >= 0.3 is 0 Å². The molecule has 2 heterocycles. The summed E-state index contributed by atoms with van der Waals surface area (Å²) in [5, 5.41) is 21.7. The Kier molecular flexibility index (Phi) is 6.25. The molecule has 0 aliphatic heterocycles. The van der Waals surface area contributed by atoms with E-state index in [-0.39, 0.29) is 17.5 Å². The van der Waals surface area contributed by atoms with Crippen LogP contribution in [0.4, 0.5) is 10.2 Å². The summed E-state index contributed by atoms with van der Waals surface area (Å²) in [5.74, 6) is -0.355. The van der Waals surface area contributed by atoms with E-state index in [2.05, 4.69) is 21.6 Å². The van der Waals surface area contributed by atoms with Crippen molar-refractivity contribution in [3.8, 4) is 17.4 Å². The van der Waals surface area contributed by atoms with E-state index in [1.165, 1.54) is 22.4 Å². The monoisotopic (exact) mass is 483 g/mol. The molecule has 3 N–H and O–H groups in total. The number of halogens is 1. The van der Waals surface area contributed by atoms with Crippen LogP contribution in [-0.4, -0.2) is 32.0 Å². The Hall–Kier alpha value is -4.45. The summed E-state index contributed by atoms with van der Waals surface area (Å²) in [6, 6.07) is 16.0. The van der Waals surface area contributed by atoms with Crippen molar-refractivity contribution in [2.75, 3.05) is 12.3 Å². The topological polar surface area (TPSA) is 115 Å². The predicted octanol–water partition coefficient (Wildman–Crippen LogP) is 3.81. The van der Waals surface area contributed by atoms with Gasteiger partial charge in [-0.15, -0.1) is 0 Å². The highest BCUT2D eigenvalue weighted by molar-refractivity contribution is 5.94. The second kappa shape index (κ2) is 9.66. The number of rotatable bonds is 7. The van der Waals surface area contributed by atoms with Gasteiger partial charge in [0.25, 0.3) is 5.91 Å². The number of carbonyl (C=O) groups is 1. The molecule has 0 radical (unpaired) electrons. The fraction of sp³-hybridized carbons (Fsp3) is 0.259. The van der Waals surface area contributed by atoms with Gasteiger partial charge in [-0.2, -0.15) is 15.5 Å². The number of hydrogen-bond donors (Lipinski definition) is 2. The van der Waals surface area contributed by atoms with Gasteiger partial charge in [0.1, 0.15) is 23.3 Å². The molecular weight excluding hydrogens is 457 g/mol. The summed E-state index contributed by atoms with van der Waals surface area (Å²) < 4.78 is 16.6. The van der Waals surface area contributed by atoms with Crippen molar-refractivity contribution < 1.29 is 9.18 Å². The molecule has 1 aliphatic carbocycles. The minimum Gasteiger partial charge on any atom is -0.382 e. The zero-order valence-electron chi connectivity index (χ0n) is 20.0.